The Balaban J connectivity index is 2.59. The van der Waals surface area contributed by atoms with Gasteiger partial charge in [0.25, 0.3) is 0 Å². The highest BCUT2D eigenvalue weighted by Crippen LogP contribution is 2.45. The molecule has 1 atom stereocenters. The van der Waals surface area contributed by atoms with Crippen LogP contribution in [0.15, 0.2) is 30.3 Å². The number of carboxylic acids is 1. The van der Waals surface area contributed by atoms with Crippen molar-refractivity contribution in [3.05, 3.63) is 47.0 Å². The third-order valence-electron chi connectivity index (χ3n) is 5.51. The van der Waals surface area contributed by atoms with Gasteiger partial charge in [0.05, 0.1) is 5.56 Å². The maximum absolute atomic E-state index is 11.3. The molecule has 0 saturated heterocycles. The van der Waals surface area contributed by atoms with Crippen molar-refractivity contribution in [2.75, 3.05) is 0 Å². The van der Waals surface area contributed by atoms with Gasteiger partial charge < -0.3 is 5.11 Å². The van der Waals surface area contributed by atoms with E-state index in [1.165, 1.54) is 5.56 Å². The average molecular weight is 341 g/mol. The van der Waals surface area contributed by atoms with E-state index in [9.17, 15) is 9.90 Å². The van der Waals surface area contributed by atoms with E-state index >= 15 is 0 Å². The number of aryl methyl sites for hydroxylation is 1. The van der Waals surface area contributed by atoms with Crippen molar-refractivity contribution in [3.8, 4) is 0 Å². The topological polar surface area (TPSA) is 37.3 Å². The van der Waals surface area contributed by atoms with Crippen molar-refractivity contribution in [1.82, 2.24) is 0 Å². The molecular formula is C23H32O2. The van der Waals surface area contributed by atoms with Crippen LogP contribution in [0, 0.1) is 17.8 Å². The van der Waals surface area contributed by atoms with Crippen molar-refractivity contribution < 1.29 is 9.90 Å². The largest absolute Gasteiger partial charge is 0.478 e. The van der Waals surface area contributed by atoms with Gasteiger partial charge in [0.2, 0.25) is 0 Å². The third kappa shape index (κ3) is 4.42. The quantitative estimate of drug-likeness (QED) is 0.649. The Bertz CT molecular complexity index is 779. The molecule has 136 valence electrons. The van der Waals surface area contributed by atoms with Crippen LogP contribution in [0.5, 0.6) is 0 Å². The van der Waals surface area contributed by atoms with E-state index in [0.717, 1.165) is 29.2 Å². The van der Waals surface area contributed by atoms with Crippen molar-refractivity contribution >= 4 is 16.7 Å². The van der Waals surface area contributed by atoms with Gasteiger partial charge in [-0.2, -0.15) is 0 Å². The normalized spacial score (nSPS) is 13.9. The maximum Gasteiger partial charge on any atom is 0.335 e. The van der Waals surface area contributed by atoms with Gasteiger partial charge in [-0.05, 0) is 64.1 Å². The molecule has 0 saturated carbocycles. The summed E-state index contributed by atoms with van der Waals surface area (Å²) in [5.74, 6) is -0.396. The number of carbonyl (C=O) groups is 1. The Morgan fingerprint density at radius 3 is 2.24 bits per heavy atom. The second kappa shape index (κ2) is 6.82. The zero-order valence-electron chi connectivity index (χ0n) is 16.7. The van der Waals surface area contributed by atoms with Crippen LogP contribution in [0.4, 0.5) is 0 Å². The van der Waals surface area contributed by atoms with Gasteiger partial charge >= 0.3 is 5.97 Å². The molecule has 0 heterocycles. The van der Waals surface area contributed by atoms with E-state index in [2.05, 4.69) is 59.7 Å². The molecule has 2 aromatic carbocycles. The molecule has 25 heavy (non-hydrogen) atoms. The van der Waals surface area contributed by atoms with Crippen LogP contribution < -0.4 is 0 Å². The Kier molecular flexibility index (Phi) is 5.32. The first-order valence-corrected chi connectivity index (χ1v) is 9.22. The number of carboxylic acid groups (broad SMARTS) is 1. The Morgan fingerprint density at radius 1 is 1.08 bits per heavy atom. The molecule has 0 aliphatic rings. The number of rotatable bonds is 5. The van der Waals surface area contributed by atoms with E-state index < -0.39 is 5.97 Å². The van der Waals surface area contributed by atoms with Crippen molar-refractivity contribution in [2.45, 2.75) is 67.2 Å². The van der Waals surface area contributed by atoms with Gasteiger partial charge in [-0.3, -0.25) is 0 Å². The van der Waals surface area contributed by atoms with Gasteiger partial charge in [-0.25, -0.2) is 4.79 Å². The standard InChI is InChI=1S/C23H32O2/c1-8-23(6,7)20(14-22(3,4)5)17-10-9-16-12-18(21(24)25)11-15(2)19(16)13-17/h9-13,20H,8,14H2,1-7H3,(H,24,25). The smallest absolute Gasteiger partial charge is 0.335 e. The Morgan fingerprint density at radius 2 is 1.72 bits per heavy atom. The van der Waals surface area contributed by atoms with Crippen LogP contribution in [0.2, 0.25) is 0 Å². The van der Waals surface area contributed by atoms with Crippen molar-refractivity contribution in [3.63, 3.8) is 0 Å². The molecule has 0 radical (unpaired) electrons. The molecule has 2 heteroatoms. The van der Waals surface area contributed by atoms with Crippen LogP contribution in [-0.2, 0) is 0 Å². The zero-order valence-corrected chi connectivity index (χ0v) is 16.7. The first-order valence-electron chi connectivity index (χ1n) is 9.22. The molecule has 0 aliphatic carbocycles. The van der Waals surface area contributed by atoms with Crippen LogP contribution >= 0.6 is 0 Å². The lowest BCUT2D eigenvalue weighted by atomic mass is 9.67. The minimum Gasteiger partial charge on any atom is -0.478 e. The maximum atomic E-state index is 11.3. The summed E-state index contributed by atoms with van der Waals surface area (Å²) in [5, 5.41) is 11.4. The second-order valence-corrected chi connectivity index (χ2v) is 9.24. The van der Waals surface area contributed by atoms with Crippen LogP contribution in [0.1, 0.15) is 81.8 Å². The molecule has 2 rings (SSSR count). The molecule has 0 spiro atoms. The SMILES string of the molecule is CCC(C)(C)C(CC(C)(C)C)c1ccc2cc(C(=O)O)cc(C)c2c1. The third-order valence-corrected chi connectivity index (χ3v) is 5.51. The lowest BCUT2D eigenvalue weighted by Gasteiger charge is -2.38. The van der Waals surface area contributed by atoms with Gasteiger partial charge in [-0.1, -0.05) is 66.2 Å². The molecule has 0 bridgehead atoms. The van der Waals surface area contributed by atoms with Crippen LogP contribution in [0.25, 0.3) is 10.8 Å². The summed E-state index contributed by atoms with van der Waals surface area (Å²) in [5.41, 5.74) is 3.23. The summed E-state index contributed by atoms with van der Waals surface area (Å²) in [6.45, 7) is 15.9. The molecule has 2 aromatic rings. The summed E-state index contributed by atoms with van der Waals surface area (Å²) < 4.78 is 0. The lowest BCUT2D eigenvalue weighted by Crippen LogP contribution is -2.26. The van der Waals surface area contributed by atoms with E-state index in [0.29, 0.717) is 11.5 Å². The number of aromatic carboxylic acids is 1. The van der Waals surface area contributed by atoms with E-state index in [-0.39, 0.29) is 10.8 Å². The highest BCUT2D eigenvalue weighted by molar-refractivity contribution is 5.96. The molecule has 0 aromatic heterocycles. The molecule has 2 nitrogen and oxygen atoms in total. The lowest BCUT2D eigenvalue weighted by molar-refractivity contribution is 0.0697. The minimum absolute atomic E-state index is 0.218. The molecule has 1 unspecified atom stereocenters. The predicted octanol–water partition coefficient (Wildman–Crippen LogP) is 6.80. The van der Waals surface area contributed by atoms with E-state index in [1.54, 1.807) is 12.1 Å². The molecule has 0 aliphatic heterocycles. The predicted molar refractivity (Wildman–Crippen MR) is 107 cm³/mol. The summed E-state index contributed by atoms with van der Waals surface area (Å²) >= 11 is 0. The van der Waals surface area contributed by atoms with Crippen LogP contribution in [0.3, 0.4) is 0 Å². The number of hydrogen-bond donors (Lipinski definition) is 1. The molecule has 1 N–H and O–H groups in total. The second-order valence-electron chi connectivity index (χ2n) is 9.24. The van der Waals surface area contributed by atoms with Crippen LogP contribution in [-0.4, -0.2) is 11.1 Å². The summed E-state index contributed by atoms with van der Waals surface area (Å²) in [4.78, 5) is 11.3. The Hall–Kier alpha value is -1.83. The number of fused-ring (bicyclic) bond motifs is 1. The first-order chi connectivity index (χ1) is 11.4. The first kappa shape index (κ1) is 19.5. The zero-order chi connectivity index (χ0) is 19.0. The summed E-state index contributed by atoms with van der Waals surface area (Å²) in [7, 11) is 0. The fourth-order valence-electron chi connectivity index (χ4n) is 3.61. The molecule has 0 amide bonds. The summed E-state index contributed by atoms with van der Waals surface area (Å²) in [6, 6.07) is 10.1. The summed E-state index contributed by atoms with van der Waals surface area (Å²) in [6.07, 6.45) is 2.26. The molecular weight excluding hydrogens is 308 g/mol. The number of hydrogen-bond acceptors (Lipinski definition) is 1. The van der Waals surface area contributed by atoms with Gasteiger partial charge in [-0.15, -0.1) is 0 Å². The van der Waals surface area contributed by atoms with E-state index in [1.807, 2.05) is 6.92 Å². The minimum atomic E-state index is -0.869. The molecule has 0 fully saturated rings. The van der Waals surface area contributed by atoms with Crippen molar-refractivity contribution in [1.29, 1.82) is 0 Å². The van der Waals surface area contributed by atoms with Crippen molar-refractivity contribution in [2.24, 2.45) is 10.8 Å². The fraction of sp³-hybridized carbons (Fsp3) is 0.522. The highest BCUT2D eigenvalue weighted by atomic mass is 16.4. The van der Waals surface area contributed by atoms with Gasteiger partial charge in [0, 0.05) is 0 Å². The number of benzene rings is 2. The fourth-order valence-corrected chi connectivity index (χ4v) is 3.61. The van der Waals surface area contributed by atoms with E-state index in [4.69, 9.17) is 0 Å². The highest BCUT2D eigenvalue weighted by Gasteiger charge is 2.32. The van der Waals surface area contributed by atoms with Gasteiger partial charge in [0.1, 0.15) is 0 Å². The monoisotopic (exact) mass is 340 g/mol. The van der Waals surface area contributed by atoms with Gasteiger partial charge in [0.15, 0.2) is 0 Å². The Labute approximate surface area is 152 Å². The average Bonchev–Trinajstić information content (AvgIpc) is 2.51.